The molecule has 0 spiro atoms. The van der Waals surface area contributed by atoms with Gasteiger partial charge in [-0.2, -0.15) is 0 Å². The highest BCUT2D eigenvalue weighted by atomic mass is 16.2. The molecule has 1 N–H and O–H groups in total. The van der Waals surface area contributed by atoms with Crippen LogP contribution in [0.2, 0.25) is 0 Å². The number of unbranched alkanes of at least 4 members (excludes halogenated alkanes) is 4. The van der Waals surface area contributed by atoms with Crippen molar-refractivity contribution in [2.45, 2.75) is 71.3 Å². The molecule has 17 heavy (non-hydrogen) atoms. The molecule has 98 valence electrons. The number of Topliss-reactive ketones (excluding diaryl/α,β-unsaturated/α-hetero) is 1. The van der Waals surface area contributed by atoms with Crippen LogP contribution < -0.4 is 5.32 Å². The molecule has 0 bridgehead atoms. The van der Waals surface area contributed by atoms with E-state index in [2.05, 4.69) is 12.2 Å². The van der Waals surface area contributed by atoms with Gasteiger partial charge in [0.05, 0.1) is 6.04 Å². The molecule has 1 aliphatic rings. The van der Waals surface area contributed by atoms with E-state index in [-0.39, 0.29) is 23.7 Å². The molecule has 0 radical (unpaired) electrons. The maximum Gasteiger partial charge on any atom is 0.223 e. The molecule has 1 aliphatic carbocycles. The third kappa shape index (κ3) is 4.88. The van der Waals surface area contributed by atoms with Crippen LogP contribution in [0.1, 0.15) is 65.2 Å². The van der Waals surface area contributed by atoms with E-state index in [0.29, 0.717) is 6.42 Å². The summed E-state index contributed by atoms with van der Waals surface area (Å²) in [7, 11) is 0. The Bertz CT molecular complexity index is 263. The lowest BCUT2D eigenvalue weighted by Crippen LogP contribution is -2.48. The first-order chi connectivity index (χ1) is 8.15. The van der Waals surface area contributed by atoms with E-state index in [1.807, 2.05) is 6.92 Å². The Morgan fingerprint density at radius 3 is 2.59 bits per heavy atom. The minimum absolute atomic E-state index is 0.0463. The molecule has 1 saturated carbocycles. The van der Waals surface area contributed by atoms with Crippen molar-refractivity contribution >= 4 is 11.7 Å². The van der Waals surface area contributed by atoms with Gasteiger partial charge in [0.2, 0.25) is 5.91 Å². The Kier molecular flexibility index (Phi) is 6.23. The lowest BCUT2D eigenvalue weighted by atomic mass is 9.90. The van der Waals surface area contributed by atoms with Crippen LogP contribution in [0.5, 0.6) is 0 Å². The van der Waals surface area contributed by atoms with Crippen LogP contribution in [0.3, 0.4) is 0 Å². The number of amides is 1. The fourth-order valence-corrected chi connectivity index (χ4v) is 2.06. The molecule has 1 rings (SSSR count). The molecule has 2 atom stereocenters. The summed E-state index contributed by atoms with van der Waals surface area (Å²) in [6, 6.07) is -0.176. The quantitative estimate of drug-likeness (QED) is 0.662. The lowest BCUT2D eigenvalue weighted by molar-refractivity contribution is -0.133. The summed E-state index contributed by atoms with van der Waals surface area (Å²) in [4.78, 5) is 22.9. The van der Waals surface area contributed by atoms with Crippen LogP contribution in [-0.4, -0.2) is 17.7 Å². The van der Waals surface area contributed by atoms with Gasteiger partial charge in [-0.15, -0.1) is 0 Å². The van der Waals surface area contributed by atoms with Gasteiger partial charge in [-0.1, -0.05) is 46.0 Å². The summed E-state index contributed by atoms with van der Waals surface area (Å²) in [5, 5.41) is 2.83. The van der Waals surface area contributed by atoms with E-state index < -0.39 is 0 Å². The summed E-state index contributed by atoms with van der Waals surface area (Å²) in [6.07, 6.45) is 8.55. The zero-order valence-electron chi connectivity index (χ0n) is 11.1. The van der Waals surface area contributed by atoms with E-state index in [4.69, 9.17) is 0 Å². The van der Waals surface area contributed by atoms with Crippen molar-refractivity contribution in [2.24, 2.45) is 5.92 Å². The monoisotopic (exact) mass is 239 g/mol. The molecule has 0 heterocycles. The van der Waals surface area contributed by atoms with Crippen molar-refractivity contribution in [3.8, 4) is 0 Å². The second-order valence-corrected chi connectivity index (χ2v) is 5.17. The van der Waals surface area contributed by atoms with Gasteiger partial charge >= 0.3 is 0 Å². The van der Waals surface area contributed by atoms with Crippen LogP contribution >= 0.6 is 0 Å². The molecule has 0 aromatic carbocycles. The van der Waals surface area contributed by atoms with E-state index in [9.17, 15) is 9.59 Å². The first kappa shape index (κ1) is 14.2. The summed E-state index contributed by atoms with van der Waals surface area (Å²) < 4.78 is 0. The Morgan fingerprint density at radius 2 is 2.06 bits per heavy atom. The van der Waals surface area contributed by atoms with E-state index >= 15 is 0 Å². The van der Waals surface area contributed by atoms with Gasteiger partial charge in [0, 0.05) is 12.3 Å². The highest BCUT2D eigenvalue weighted by Gasteiger charge is 2.30. The number of carbonyl (C=O) groups excluding carboxylic acids is 2. The normalized spacial score (nSPS) is 20.8. The fourth-order valence-electron chi connectivity index (χ4n) is 2.06. The zero-order valence-corrected chi connectivity index (χ0v) is 11.1. The number of rotatable bonds is 8. The van der Waals surface area contributed by atoms with Crippen molar-refractivity contribution in [1.82, 2.24) is 5.32 Å². The Labute approximate surface area is 104 Å². The maximum absolute atomic E-state index is 11.7. The minimum atomic E-state index is -0.176. The lowest BCUT2D eigenvalue weighted by Gasteiger charge is -2.26. The average molecular weight is 239 g/mol. The van der Waals surface area contributed by atoms with Crippen molar-refractivity contribution in [3.05, 3.63) is 0 Å². The fraction of sp³-hybridized carbons (Fsp3) is 0.857. The van der Waals surface area contributed by atoms with E-state index in [1.54, 1.807) is 0 Å². The smallest absolute Gasteiger partial charge is 0.223 e. The first-order valence-corrected chi connectivity index (χ1v) is 6.98. The van der Waals surface area contributed by atoms with E-state index in [1.165, 1.54) is 25.7 Å². The van der Waals surface area contributed by atoms with Gasteiger partial charge in [0.25, 0.3) is 0 Å². The molecule has 0 aromatic rings. The SMILES string of the molecule is CCCCCCCC(C)C(=O)N[C@H]1CCC1=O. The predicted octanol–water partition coefficient (Wildman–Crippen LogP) is 2.83. The van der Waals surface area contributed by atoms with Gasteiger partial charge in [0.15, 0.2) is 5.78 Å². The van der Waals surface area contributed by atoms with Gasteiger partial charge in [0.1, 0.15) is 0 Å². The van der Waals surface area contributed by atoms with Crippen LogP contribution in [0, 0.1) is 5.92 Å². The second kappa shape index (κ2) is 7.46. The Balaban J connectivity index is 2.07. The van der Waals surface area contributed by atoms with Gasteiger partial charge in [-0.05, 0) is 12.8 Å². The maximum atomic E-state index is 11.7. The summed E-state index contributed by atoms with van der Waals surface area (Å²) in [5.74, 6) is 0.289. The second-order valence-electron chi connectivity index (χ2n) is 5.17. The van der Waals surface area contributed by atoms with Crippen molar-refractivity contribution < 1.29 is 9.59 Å². The van der Waals surface area contributed by atoms with Crippen molar-refractivity contribution in [2.75, 3.05) is 0 Å². The molecule has 1 unspecified atom stereocenters. The van der Waals surface area contributed by atoms with Crippen LogP contribution in [-0.2, 0) is 9.59 Å². The topological polar surface area (TPSA) is 46.2 Å². The standard InChI is InChI=1S/C14H25NO2/c1-3-4-5-6-7-8-11(2)14(17)15-12-9-10-13(12)16/h11-12H,3-10H2,1-2H3,(H,15,17)/t11?,12-/m0/s1. The van der Waals surface area contributed by atoms with Crippen molar-refractivity contribution in [3.63, 3.8) is 0 Å². The molecule has 1 fully saturated rings. The molecule has 1 amide bonds. The Morgan fingerprint density at radius 1 is 1.35 bits per heavy atom. The van der Waals surface area contributed by atoms with Crippen LogP contribution in [0.25, 0.3) is 0 Å². The van der Waals surface area contributed by atoms with Gasteiger partial charge in [-0.25, -0.2) is 0 Å². The van der Waals surface area contributed by atoms with E-state index in [0.717, 1.165) is 19.3 Å². The molecule has 3 heteroatoms. The van der Waals surface area contributed by atoms with Crippen LogP contribution in [0.4, 0.5) is 0 Å². The molecular formula is C14H25NO2. The first-order valence-electron chi connectivity index (χ1n) is 6.98. The summed E-state index contributed by atoms with van der Waals surface area (Å²) in [6.45, 7) is 4.16. The number of hydrogen-bond acceptors (Lipinski definition) is 2. The van der Waals surface area contributed by atoms with Gasteiger partial charge in [-0.3, -0.25) is 9.59 Å². The molecule has 0 aromatic heterocycles. The zero-order chi connectivity index (χ0) is 12.7. The van der Waals surface area contributed by atoms with Crippen molar-refractivity contribution in [1.29, 1.82) is 0 Å². The summed E-state index contributed by atoms with van der Waals surface area (Å²) >= 11 is 0. The van der Waals surface area contributed by atoms with Gasteiger partial charge < -0.3 is 5.32 Å². The largest absolute Gasteiger partial charge is 0.346 e. The summed E-state index contributed by atoms with van der Waals surface area (Å²) in [5.41, 5.74) is 0. The molecule has 0 saturated heterocycles. The molecule has 0 aliphatic heterocycles. The number of nitrogens with one attached hydrogen (secondary N) is 1. The Hall–Kier alpha value is -0.860. The molecule has 3 nitrogen and oxygen atoms in total. The molecular weight excluding hydrogens is 214 g/mol. The number of ketones is 1. The highest BCUT2D eigenvalue weighted by Crippen LogP contribution is 2.16. The number of hydrogen-bond donors (Lipinski definition) is 1. The number of carbonyl (C=O) groups is 2. The van der Waals surface area contributed by atoms with Crippen LogP contribution in [0.15, 0.2) is 0 Å². The predicted molar refractivity (Wildman–Crippen MR) is 68.7 cm³/mol. The highest BCUT2D eigenvalue weighted by molar-refractivity contribution is 5.93. The average Bonchev–Trinajstić information content (AvgIpc) is 2.33. The minimum Gasteiger partial charge on any atom is -0.346 e. The third-order valence-electron chi connectivity index (χ3n) is 3.57. The third-order valence-corrected chi connectivity index (χ3v) is 3.57.